The molecule has 0 heterocycles. The Morgan fingerprint density at radius 2 is 1.30 bits per heavy atom. The van der Waals surface area contributed by atoms with Gasteiger partial charge in [0.05, 0.1) is 0 Å². The first-order valence-corrected chi connectivity index (χ1v) is 12.4. The molecule has 0 bridgehead atoms. The Hall–Kier alpha value is -3.12. The first-order chi connectivity index (χ1) is 16.2. The maximum Gasteiger partial charge on any atom is 0.00869 e. The van der Waals surface area contributed by atoms with Crippen LogP contribution in [0.1, 0.15) is 65.5 Å². The lowest BCUT2D eigenvalue weighted by Gasteiger charge is -2.19. The van der Waals surface area contributed by atoms with E-state index in [1.807, 2.05) is 0 Å². The smallest absolute Gasteiger partial charge is 0.00869 e. The van der Waals surface area contributed by atoms with Crippen LogP contribution in [0.4, 0.5) is 0 Å². The fraction of sp³-hybridized carbons (Fsp3) is 0.273. The van der Waals surface area contributed by atoms with Gasteiger partial charge in [0, 0.05) is 5.92 Å². The van der Waals surface area contributed by atoms with Gasteiger partial charge in [-0.15, -0.1) is 0 Å². The fourth-order valence-corrected chi connectivity index (χ4v) is 4.90. The van der Waals surface area contributed by atoms with Crippen LogP contribution >= 0.6 is 0 Å². The molecule has 1 unspecified atom stereocenters. The van der Waals surface area contributed by atoms with Crippen molar-refractivity contribution in [3.63, 3.8) is 0 Å². The van der Waals surface area contributed by atoms with Crippen LogP contribution in [0.3, 0.4) is 0 Å². The predicted octanol–water partition coefficient (Wildman–Crippen LogP) is 9.08. The van der Waals surface area contributed by atoms with Crippen molar-refractivity contribution in [3.05, 3.63) is 130 Å². The maximum atomic E-state index is 2.45. The average Bonchev–Trinajstić information content (AvgIpc) is 2.85. The number of aryl methyl sites for hydroxylation is 4. The molecule has 0 aliphatic rings. The van der Waals surface area contributed by atoms with E-state index >= 15 is 0 Å². The number of rotatable bonds is 9. The standard InChI is InChI=1S/C33H36/c1-4-31(28-13-6-5-7-14-28)30-23-20-26(3)33(24-30)32-17-11-10-16-29(32)15-9-8-12-27-21-18-25(2)19-22-27/h5-7,10-11,13-14,16-24,31H,4,8-9,12,15H2,1-3H3. The summed E-state index contributed by atoms with van der Waals surface area (Å²) in [6.07, 6.45) is 5.83. The lowest BCUT2D eigenvalue weighted by molar-refractivity contribution is 0.735. The van der Waals surface area contributed by atoms with Crippen LogP contribution in [0.2, 0.25) is 0 Å². The first-order valence-electron chi connectivity index (χ1n) is 12.4. The van der Waals surface area contributed by atoms with Crippen LogP contribution in [0, 0.1) is 13.8 Å². The van der Waals surface area contributed by atoms with Crippen LogP contribution in [-0.4, -0.2) is 0 Å². The SMILES string of the molecule is CCC(c1ccccc1)c1ccc(C)c(-c2ccccc2CCCCc2ccc(C)cc2)c1. The fourth-order valence-electron chi connectivity index (χ4n) is 4.90. The van der Waals surface area contributed by atoms with E-state index in [0.717, 1.165) is 19.3 Å². The highest BCUT2D eigenvalue weighted by Crippen LogP contribution is 2.34. The van der Waals surface area contributed by atoms with E-state index in [1.165, 1.54) is 57.3 Å². The summed E-state index contributed by atoms with van der Waals surface area (Å²) in [5.74, 6) is 0.437. The highest BCUT2D eigenvalue weighted by molar-refractivity contribution is 5.71. The molecule has 0 spiro atoms. The van der Waals surface area contributed by atoms with Gasteiger partial charge in [0.2, 0.25) is 0 Å². The summed E-state index contributed by atoms with van der Waals surface area (Å²) in [5, 5.41) is 0. The molecule has 0 N–H and O–H groups in total. The van der Waals surface area contributed by atoms with Gasteiger partial charge in [0.15, 0.2) is 0 Å². The predicted molar refractivity (Wildman–Crippen MR) is 143 cm³/mol. The molecule has 0 saturated heterocycles. The largest absolute Gasteiger partial charge is 0.0645 e. The second-order valence-electron chi connectivity index (χ2n) is 9.30. The zero-order valence-electron chi connectivity index (χ0n) is 20.4. The molecule has 4 aromatic carbocycles. The molecule has 0 amide bonds. The van der Waals surface area contributed by atoms with Crippen LogP contribution < -0.4 is 0 Å². The molecule has 1 atom stereocenters. The molecule has 0 nitrogen and oxygen atoms in total. The summed E-state index contributed by atoms with van der Waals surface area (Å²) < 4.78 is 0. The Morgan fingerprint density at radius 3 is 2.06 bits per heavy atom. The second-order valence-corrected chi connectivity index (χ2v) is 9.30. The van der Waals surface area contributed by atoms with Gasteiger partial charge in [0.25, 0.3) is 0 Å². The molecule has 0 aliphatic heterocycles. The van der Waals surface area contributed by atoms with E-state index in [2.05, 4.69) is 118 Å². The van der Waals surface area contributed by atoms with Crippen molar-refractivity contribution in [3.8, 4) is 11.1 Å². The minimum absolute atomic E-state index is 0.437. The topological polar surface area (TPSA) is 0 Å². The summed E-state index contributed by atoms with van der Waals surface area (Å²) in [4.78, 5) is 0. The molecule has 0 aliphatic carbocycles. The average molecular weight is 433 g/mol. The van der Waals surface area contributed by atoms with E-state index < -0.39 is 0 Å². The third-order valence-electron chi connectivity index (χ3n) is 6.86. The molecular formula is C33H36. The van der Waals surface area contributed by atoms with Gasteiger partial charge in [-0.25, -0.2) is 0 Å². The molecular weight excluding hydrogens is 396 g/mol. The molecule has 4 rings (SSSR count). The van der Waals surface area contributed by atoms with E-state index in [9.17, 15) is 0 Å². The van der Waals surface area contributed by atoms with Gasteiger partial charge in [-0.1, -0.05) is 110 Å². The van der Waals surface area contributed by atoms with Gasteiger partial charge >= 0.3 is 0 Å². The molecule has 0 heteroatoms. The van der Waals surface area contributed by atoms with Crippen LogP contribution in [0.25, 0.3) is 11.1 Å². The number of unbranched alkanes of at least 4 members (excludes halogenated alkanes) is 1. The molecule has 4 aromatic rings. The summed E-state index contributed by atoms with van der Waals surface area (Å²) in [6, 6.07) is 36.0. The minimum atomic E-state index is 0.437. The zero-order valence-corrected chi connectivity index (χ0v) is 20.4. The van der Waals surface area contributed by atoms with Gasteiger partial charge in [-0.05, 0) is 84.9 Å². The molecule has 168 valence electrons. The number of benzene rings is 4. The Bertz CT molecular complexity index is 1150. The van der Waals surface area contributed by atoms with Crippen molar-refractivity contribution >= 4 is 0 Å². The highest BCUT2D eigenvalue weighted by Gasteiger charge is 2.15. The Kier molecular flexibility index (Phi) is 7.79. The minimum Gasteiger partial charge on any atom is -0.0645 e. The third kappa shape index (κ3) is 5.82. The van der Waals surface area contributed by atoms with Crippen LogP contribution in [0.5, 0.6) is 0 Å². The lowest BCUT2D eigenvalue weighted by Crippen LogP contribution is -2.01. The molecule has 33 heavy (non-hydrogen) atoms. The summed E-state index contributed by atoms with van der Waals surface area (Å²) >= 11 is 0. The molecule has 0 fully saturated rings. The zero-order chi connectivity index (χ0) is 23.0. The van der Waals surface area contributed by atoms with E-state index in [-0.39, 0.29) is 0 Å². The molecule has 0 radical (unpaired) electrons. The quantitative estimate of drug-likeness (QED) is 0.231. The summed E-state index contributed by atoms with van der Waals surface area (Å²) in [7, 11) is 0. The van der Waals surface area contributed by atoms with Crippen molar-refractivity contribution in [2.45, 2.75) is 58.8 Å². The Morgan fingerprint density at radius 1 is 0.606 bits per heavy atom. The normalized spacial score (nSPS) is 12.0. The lowest BCUT2D eigenvalue weighted by atomic mass is 9.85. The second kappa shape index (κ2) is 11.1. The third-order valence-corrected chi connectivity index (χ3v) is 6.86. The van der Waals surface area contributed by atoms with Crippen molar-refractivity contribution in [1.82, 2.24) is 0 Å². The van der Waals surface area contributed by atoms with Gasteiger partial charge in [-0.3, -0.25) is 0 Å². The van der Waals surface area contributed by atoms with E-state index in [1.54, 1.807) is 0 Å². The van der Waals surface area contributed by atoms with Crippen LogP contribution in [0.15, 0.2) is 97.1 Å². The van der Waals surface area contributed by atoms with E-state index in [4.69, 9.17) is 0 Å². The molecule has 0 saturated carbocycles. The highest BCUT2D eigenvalue weighted by atomic mass is 14.2. The Balaban J connectivity index is 1.53. The van der Waals surface area contributed by atoms with Crippen molar-refractivity contribution < 1.29 is 0 Å². The van der Waals surface area contributed by atoms with Crippen molar-refractivity contribution in [2.24, 2.45) is 0 Å². The Labute approximate surface area is 200 Å². The van der Waals surface area contributed by atoms with Crippen molar-refractivity contribution in [2.75, 3.05) is 0 Å². The van der Waals surface area contributed by atoms with E-state index in [0.29, 0.717) is 5.92 Å². The number of hydrogen-bond acceptors (Lipinski definition) is 0. The van der Waals surface area contributed by atoms with Gasteiger partial charge < -0.3 is 0 Å². The summed E-state index contributed by atoms with van der Waals surface area (Å²) in [6.45, 7) is 6.69. The monoisotopic (exact) mass is 432 g/mol. The maximum absolute atomic E-state index is 2.45. The van der Waals surface area contributed by atoms with Gasteiger partial charge in [0.1, 0.15) is 0 Å². The van der Waals surface area contributed by atoms with Crippen LogP contribution in [-0.2, 0) is 12.8 Å². The first kappa shape index (κ1) is 23.1. The number of hydrogen-bond donors (Lipinski definition) is 0. The molecule has 0 aromatic heterocycles. The van der Waals surface area contributed by atoms with Gasteiger partial charge in [-0.2, -0.15) is 0 Å². The summed E-state index contributed by atoms with van der Waals surface area (Å²) in [5.41, 5.74) is 11.2. The van der Waals surface area contributed by atoms with Crippen molar-refractivity contribution in [1.29, 1.82) is 0 Å².